The predicted octanol–water partition coefficient (Wildman–Crippen LogP) is 2.26. The average Bonchev–Trinajstić information content (AvgIpc) is 2.51. The van der Waals surface area contributed by atoms with Crippen molar-refractivity contribution < 1.29 is 9.13 Å². The van der Waals surface area contributed by atoms with Gasteiger partial charge in [0, 0.05) is 18.5 Å². The fraction of sp³-hybridized carbons (Fsp3) is 0.300. The zero-order chi connectivity index (χ0) is 10.1. The summed E-state index contributed by atoms with van der Waals surface area (Å²) in [6, 6.07) is 1.59. The number of imidazole rings is 1. The Labute approximate surface area is 81.1 Å². The SMILES string of the molecule is CC(C)Oc1cc2nccn2cc1F. The lowest BCUT2D eigenvalue weighted by atomic mass is 10.4. The molecule has 2 aromatic rings. The van der Waals surface area contributed by atoms with Gasteiger partial charge in [-0.15, -0.1) is 0 Å². The molecule has 4 heteroatoms. The smallest absolute Gasteiger partial charge is 0.181 e. The van der Waals surface area contributed by atoms with Gasteiger partial charge in [0.15, 0.2) is 11.6 Å². The topological polar surface area (TPSA) is 26.5 Å². The second-order valence-electron chi connectivity index (χ2n) is 3.34. The molecule has 14 heavy (non-hydrogen) atoms. The Hall–Kier alpha value is -1.58. The highest BCUT2D eigenvalue weighted by Crippen LogP contribution is 2.19. The highest BCUT2D eigenvalue weighted by molar-refractivity contribution is 5.44. The molecule has 74 valence electrons. The number of nitrogens with zero attached hydrogens (tertiary/aromatic N) is 2. The molecule has 0 radical (unpaired) electrons. The Balaban J connectivity index is 2.48. The molecule has 3 nitrogen and oxygen atoms in total. The van der Waals surface area contributed by atoms with Crippen LogP contribution in [0.1, 0.15) is 13.8 Å². The van der Waals surface area contributed by atoms with E-state index in [2.05, 4.69) is 4.98 Å². The molecule has 0 spiro atoms. The molecule has 2 heterocycles. The van der Waals surface area contributed by atoms with Crippen LogP contribution in [0.5, 0.6) is 5.75 Å². The molecule has 0 fully saturated rings. The van der Waals surface area contributed by atoms with Crippen LogP contribution in [0, 0.1) is 5.82 Å². The highest BCUT2D eigenvalue weighted by atomic mass is 19.1. The molecule has 2 rings (SSSR count). The van der Waals surface area contributed by atoms with Crippen molar-refractivity contribution >= 4 is 5.65 Å². The van der Waals surface area contributed by atoms with Gasteiger partial charge in [-0.3, -0.25) is 0 Å². The monoisotopic (exact) mass is 194 g/mol. The Morgan fingerprint density at radius 3 is 3.00 bits per heavy atom. The molecule has 2 aromatic heterocycles. The first-order chi connectivity index (χ1) is 6.66. The van der Waals surface area contributed by atoms with Gasteiger partial charge < -0.3 is 9.14 Å². The normalized spacial score (nSPS) is 11.1. The molecule has 0 atom stereocenters. The molecule has 0 aliphatic heterocycles. The van der Waals surface area contributed by atoms with Gasteiger partial charge in [0.1, 0.15) is 5.65 Å². The van der Waals surface area contributed by atoms with Crippen molar-refractivity contribution in [2.45, 2.75) is 20.0 Å². The largest absolute Gasteiger partial charge is 0.488 e. The van der Waals surface area contributed by atoms with Crippen LogP contribution in [-0.2, 0) is 0 Å². The minimum absolute atomic E-state index is 0.0399. The highest BCUT2D eigenvalue weighted by Gasteiger charge is 2.07. The quantitative estimate of drug-likeness (QED) is 0.733. The molecule has 0 N–H and O–H groups in total. The standard InChI is InChI=1S/C10H11FN2O/c1-7(2)14-9-5-10-12-3-4-13(10)6-8(9)11/h3-7H,1-2H3. The molecule has 0 saturated heterocycles. The summed E-state index contributed by atoms with van der Waals surface area (Å²) in [5.74, 6) is -0.122. The third-order valence-corrected chi connectivity index (χ3v) is 1.81. The number of rotatable bonds is 2. The zero-order valence-electron chi connectivity index (χ0n) is 8.07. The van der Waals surface area contributed by atoms with Crippen LogP contribution in [0.4, 0.5) is 4.39 Å². The minimum Gasteiger partial charge on any atom is -0.488 e. The van der Waals surface area contributed by atoms with E-state index in [0.717, 1.165) is 0 Å². The van der Waals surface area contributed by atoms with E-state index in [1.807, 2.05) is 13.8 Å². The van der Waals surface area contributed by atoms with Crippen LogP contribution in [0.15, 0.2) is 24.7 Å². The Morgan fingerprint density at radius 1 is 1.50 bits per heavy atom. The van der Waals surface area contributed by atoms with E-state index in [1.165, 1.54) is 6.20 Å². The van der Waals surface area contributed by atoms with Gasteiger partial charge in [0.25, 0.3) is 0 Å². The number of hydrogen-bond acceptors (Lipinski definition) is 2. The molecular weight excluding hydrogens is 183 g/mol. The van der Waals surface area contributed by atoms with Crippen molar-refractivity contribution in [2.24, 2.45) is 0 Å². The maximum Gasteiger partial charge on any atom is 0.181 e. The van der Waals surface area contributed by atoms with Crippen molar-refractivity contribution in [3.63, 3.8) is 0 Å². The summed E-state index contributed by atoms with van der Waals surface area (Å²) < 4.78 is 20.3. The lowest BCUT2D eigenvalue weighted by Gasteiger charge is -2.10. The van der Waals surface area contributed by atoms with E-state index < -0.39 is 0 Å². The Kier molecular flexibility index (Phi) is 2.11. The molecule has 0 aromatic carbocycles. The summed E-state index contributed by atoms with van der Waals surface area (Å²) in [7, 11) is 0. The van der Waals surface area contributed by atoms with E-state index in [0.29, 0.717) is 5.65 Å². The number of halogens is 1. The van der Waals surface area contributed by atoms with Crippen molar-refractivity contribution in [3.05, 3.63) is 30.5 Å². The van der Waals surface area contributed by atoms with Gasteiger partial charge in [-0.25, -0.2) is 9.37 Å². The number of fused-ring (bicyclic) bond motifs is 1. The van der Waals surface area contributed by atoms with Crippen LogP contribution in [-0.4, -0.2) is 15.5 Å². The predicted molar refractivity (Wildman–Crippen MR) is 50.9 cm³/mol. The Morgan fingerprint density at radius 2 is 2.29 bits per heavy atom. The van der Waals surface area contributed by atoms with E-state index >= 15 is 0 Å². The molecular formula is C10H11FN2O. The summed E-state index contributed by atoms with van der Waals surface area (Å²) >= 11 is 0. The van der Waals surface area contributed by atoms with E-state index in [4.69, 9.17) is 4.74 Å². The maximum atomic E-state index is 13.4. The molecule has 0 aliphatic rings. The van der Waals surface area contributed by atoms with Crippen LogP contribution < -0.4 is 4.74 Å². The molecule has 0 aliphatic carbocycles. The number of aromatic nitrogens is 2. The lowest BCUT2D eigenvalue weighted by molar-refractivity contribution is 0.231. The summed E-state index contributed by atoms with van der Waals surface area (Å²) in [5.41, 5.74) is 0.682. The van der Waals surface area contributed by atoms with Crippen molar-refractivity contribution in [2.75, 3.05) is 0 Å². The fourth-order valence-corrected chi connectivity index (χ4v) is 1.26. The average molecular weight is 194 g/mol. The Bertz CT molecular complexity index is 450. The summed E-state index contributed by atoms with van der Waals surface area (Å²) in [4.78, 5) is 4.04. The third-order valence-electron chi connectivity index (χ3n) is 1.81. The second-order valence-corrected chi connectivity index (χ2v) is 3.34. The van der Waals surface area contributed by atoms with Gasteiger partial charge in [-0.2, -0.15) is 0 Å². The van der Waals surface area contributed by atoms with Gasteiger partial charge in [-0.05, 0) is 13.8 Å². The number of ether oxygens (including phenoxy) is 1. The van der Waals surface area contributed by atoms with Gasteiger partial charge in [0.2, 0.25) is 0 Å². The molecule has 0 amide bonds. The fourth-order valence-electron chi connectivity index (χ4n) is 1.26. The summed E-state index contributed by atoms with van der Waals surface area (Å²) in [6.45, 7) is 3.71. The van der Waals surface area contributed by atoms with Crippen LogP contribution in [0.25, 0.3) is 5.65 Å². The minimum atomic E-state index is -0.371. The first-order valence-electron chi connectivity index (χ1n) is 4.45. The van der Waals surface area contributed by atoms with Crippen LogP contribution in [0.2, 0.25) is 0 Å². The lowest BCUT2D eigenvalue weighted by Crippen LogP contribution is -2.07. The van der Waals surface area contributed by atoms with Crippen molar-refractivity contribution in [1.82, 2.24) is 9.38 Å². The van der Waals surface area contributed by atoms with E-state index in [1.54, 1.807) is 22.9 Å². The van der Waals surface area contributed by atoms with Gasteiger partial charge >= 0.3 is 0 Å². The van der Waals surface area contributed by atoms with Crippen LogP contribution >= 0.6 is 0 Å². The van der Waals surface area contributed by atoms with Gasteiger partial charge in [-0.1, -0.05) is 0 Å². The summed E-state index contributed by atoms with van der Waals surface area (Å²) in [5, 5.41) is 0. The van der Waals surface area contributed by atoms with Gasteiger partial charge in [0.05, 0.1) is 12.3 Å². The second kappa shape index (κ2) is 3.29. The van der Waals surface area contributed by atoms with E-state index in [9.17, 15) is 4.39 Å². The number of hydrogen-bond donors (Lipinski definition) is 0. The maximum absolute atomic E-state index is 13.4. The van der Waals surface area contributed by atoms with Crippen LogP contribution in [0.3, 0.4) is 0 Å². The molecule has 0 unspecified atom stereocenters. The molecule has 0 bridgehead atoms. The third kappa shape index (κ3) is 1.55. The van der Waals surface area contributed by atoms with Crippen molar-refractivity contribution in [3.8, 4) is 5.75 Å². The first kappa shape index (κ1) is 8.99. The molecule has 0 saturated carbocycles. The number of pyridine rings is 1. The first-order valence-corrected chi connectivity index (χ1v) is 4.45. The van der Waals surface area contributed by atoms with E-state index in [-0.39, 0.29) is 17.7 Å². The zero-order valence-corrected chi connectivity index (χ0v) is 8.07. The summed E-state index contributed by atoms with van der Waals surface area (Å²) in [6.07, 6.45) is 4.63. The van der Waals surface area contributed by atoms with Crippen molar-refractivity contribution in [1.29, 1.82) is 0 Å².